The lowest BCUT2D eigenvalue weighted by Gasteiger charge is -2.08. The largest absolute Gasteiger partial charge is 0.497 e. The van der Waals surface area contributed by atoms with E-state index >= 15 is 0 Å². The van der Waals surface area contributed by atoms with Gasteiger partial charge in [-0.1, -0.05) is 12.1 Å². The van der Waals surface area contributed by atoms with Crippen molar-refractivity contribution in [2.24, 2.45) is 0 Å². The van der Waals surface area contributed by atoms with E-state index in [0.717, 1.165) is 22.7 Å². The van der Waals surface area contributed by atoms with E-state index in [-0.39, 0.29) is 6.61 Å². The Morgan fingerprint density at radius 1 is 1.28 bits per heavy atom. The number of benzene rings is 1. The van der Waals surface area contributed by atoms with Crippen LogP contribution in [0.2, 0.25) is 0 Å². The monoisotopic (exact) mass is 341 g/mol. The summed E-state index contributed by atoms with van der Waals surface area (Å²) in [4.78, 5) is 15.4. The van der Waals surface area contributed by atoms with Crippen LogP contribution in [0.15, 0.2) is 42.6 Å². The number of carbonyl (C=O) groups excluding carboxylic acids is 1. The van der Waals surface area contributed by atoms with E-state index in [1.165, 1.54) is 7.05 Å². The van der Waals surface area contributed by atoms with Crippen molar-refractivity contribution in [1.29, 1.82) is 0 Å². The van der Waals surface area contributed by atoms with Crippen LogP contribution in [0.25, 0.3) is 16.9 Å². The number of nitrogens with one attached hydrogen (secondary N) is 2. The number of aromatic nitrogens is 3. The highest BCUT2D eigenvalue weighted by Gasteiger charge is 2.09. The number of methoxy groups -OCH3 is 1. The van der Waals surface area contributed by atoms with Crippen molar-refractivity contribution in [1.82, 2.24) is 19.9 Å². The first-order valence-electron chi connectivity index (χ1n) is 7.79. The zero-order valence-electron chi connectivity index (χ0n) is 14.0. The summed E-state index contributed by atoms with van der Waals surface area (Å²) in [5.74, 6) is 1.43. The minimum absolute atomic E-state index is 0.242. The number of imidazole rings is 1. The van der Waals surface area contributed by atoms with Crippen LogP contribution in [-0.4, -0.2) is 48.0 Å². The molecule has 3 rings (SSSR count). The van der Waals surface area contributed by atoms with Gasteiger partial charge in [-0.2, -0.15) is 0 Å². The number of fused-ring (bicyclic) bond motifs is 1. The number of amides is 1. The second kappa shape index (κ2) is 7.52. The minimum Gasteiger partial charge on any atom is -0.497 e. The number of nitrogens with zero attached hydrogens (tertiary/aromatic N) is 3. The summed E-state index contributed by atoms with van der Waals surface area (Å²) in [6.07, 6.45) is 1.32. The van der Waals surface area contributed by atoms with Gasteiger partial charge in [0.05, 0.1) is 25.5 Å². The molecule has 2 N–H and O–H groups in total. The summed E-state index contributed by atoms with van der Waals surface area (Å²) in [5.41, 5.74) is 2.56. The fourth-order valence-corrected chi connectivity index (χ4v) is 2.34. The van der Waals surface area contributed by atoms with Gasteiger partial charge in [0.2, 0.25) is 0 Å². The standard InChI is InChI=1S/C17H19N5O3/c1-18-17(23)25-9-8-19-15-6-7-16-20-11-14(22(16)21-15)12-4-3-5-13(10-12)24-2/h3-7,10-11H,8-9H2,1-2H3,(H,18,23)(H,19,21). The summed E-state index contributed by atoms with van der Waals surface area (Å²) in [5, 5.41) is 10.1. The Bertz CT molecular complexity index is 878. The average molecular weight is 341 g/mol. The Labute approximate surface area is 144 Å². The van der Waals surface area contributed by atoms with Gasteiger partial charge in [0.25, 0.3) is 0 Å². The Morgan fingerprint density at radius 3 is 2.96 bits per heavy atom. The first kappa shape index (κ1) is 16.6. The summed E-state index contributed by atoms with van der Waals surface area (Å²) in [7, 11) is 3.15. The SMILES string of the molecule is CNC(=O)OCCNc1ccc2ncc(-c3cccc(OC)c3)n2n1. The van der Waals surface area contributed by atoms with Gasteiger partial charge in [0, 0.05) is 12.6 Å². The maximum Gasteiger partial charge on any atom is 0.406 e. The van der Waals surface area contributed by atoms with Crippen LogP contribution >= 0.6 is 0 Å². The fraction of sp³-hybridized carbons (Fsp3) is 0.235. The Kier molecular flexibility index (Phi) is 4.98. The molecule has 2 heterocycles. The zero-order valence-corrected chi connectivity index (χ0v) is 14.0. The molecule has 0 saturated heterocycles. The normalized spacial score (nSPS) is 10.5. The molecule has 1 amide bonds. The number of ether oxygens (including phenoxy) is 2. The molecule has 3 aromatic rings. The van der Waals surface area contributed by atoms with Crippen molar-refractivity contribution in [2.75, 3.05) is 32.6 Å². The maximum atomic E-state index is 11.0. The van der Waals surface area contributed by atoms with Crippen molar-refractivity contribution in [2.45, 2.75) is 0 Å². The molecule has 0 bridgehead atoms. The lowest BCUT2D eigenvalue weighted by Crippen LogP contribution is -2.22. The second-order valence-corrected chi connectivity index (χ2v) is 5.18. The lowest BCUT2D eigenvalue weighted by atomic mass is 10.1. The van der Waals surface area contributed by atoms with Crippen LogP contribution in [0.1, 0.15) is 0 Å². The van der Waals surface area contributed by atoms with Gasteiger partial charge in [-0.05, 0) is 24.3 Å². The average Bonchev–Trinajstić information content (AvgIpc) is 3.08. The molecule has 0 aliphatic carbocycles. The predicted octanol–water partition coefficient (Wildman–Crippen LogP) is 2.17. The second-order valence-electron chi connectivity index (χ2n) is 5.18. The molecule has 0 atom stereocenters. The first-order chi connectivity index (χ1) is 12.2. The number of hydrogen-bond donors (Lipinski definition) is 2. The highest BCUT2D eigenvalue weighted by Crippen LogP contribution is 2.24. The van der Waals surface area contributed by atoms with E-state index in [0.29, 0.717) is 12.4 Å². The molecule has 2 aromatic heterocycles. The summed E-state index contributed by atoms with van der Waals surface area (Å²) in [6.45, 7) is 0.696. The van der Waals surface area contributed by atoms with Gasteiger partial charge in [0.15, 0.2) is 5.65 Å². The van der Waals surface area contributed by atoms with Crippen molar-refractivity contribution < 1.29 is 14.3 Å². The molecule has 0 saturated carbocycles. The van der Waals surface area contributed by atoms with Gasteiger partial charge in [0.1, 0.15) is 18.2 Å². The van der Waals surface area contributed by atoms with Crippen molar-refractivity contribution in [3.05, 3.63) is 42.6 Å². The fourth-order valence-electron chi connectivity index (χ4n) is 2.34. The van der Waals surface area contributed by atoms with Gasteiger partial charge >= 0.3 is 6.09 Å². The van der Waals surface area contributed by atoms with Crippen molar-refractivity contribution in [3.8, 4) is 17.0 Å². The first-order valence-corrected chi connectivity index (χ1v) is 7.79. The van der Waals surface area contributed by atoms with E-state index in [2.05, 4.69) is 20.7 Å². The molecule has 1 aromatic carbocycles. The molecule has 0 aliphatic heterocycles. The molecule has 0 aliphatic rings. The molecule has 0 unspecified atom stereocenters. The van der Waals surface area contributed by atoms with Crippen LogP contribution in [0.3, 0.4) is 0 Å². The topological polar surface area (TPSA) is 89.8 Å². The maximum absolute atomic E-state index is 11.0. The van der Waals surface area contributed by atoms with Crippen LogP contribution in [0.5, 0.6) is 5.75 Å². The van der Waals surface area contributed by atoms with Crippen LogP contribution < -0.4 is 15.4 Å². The molecular weight excluding hydrogens is 322 g/mol. The van der Waals surface area contributed by atoms with E-state index in [1.807, 2.05) is 36.4 Å². The van der Waals surface area contributed by atoms with E-state index in [9.17, 15) is 4.79 Å². The smallest absolute Gasteiger partial charge is 0.406 e. The predicted molar refractivity (Wildman–Crippen MR) is 93.9 cm³/mol. The summed E-state index contributed by atoms with van der Waals surface area (Å²) in [6, 6.07) is 11.4. The van der Waals surface area contributed by atoms with Gasteiger partial charge in [-0.25, -0.2) is 14.3 Å². The Balaban J connectivity index is 1.78. The molecule has 8 nitrogen and oxygen atoms in total. The molecule has 130 valence electrons. The Hall–Kier alpha value is -3.29. The molecule has 0 fully saturated rings. The molecular formula is C17H19N5O3. The third-order valence-corrected chi connectivity index (χ3v) is 3.57. The van der Waals surface area contributed by atoms with Gasteiger partial charge in [-0.15, -0.1) is 5.10 Å². The van der Waals surface area contributed by atoms with Crippen LogP contribution in [0.4, 0.5) is 10.6 Å². The third kappa shape index (κ3) is 3.79. The molecule has 0 radical (unpaired) electrons. The van der Waals surface area contributed by atoms with E-state index in [4.69, 9.17) is 9.47 Å². The number of carbonyl (C=O) groups is 1. The number of alkyl carbamates (subject to hydrolysis) is 1. The quantitative estimate of drug-likeness (QED) is 0.668. The van der Waals surface area contributed by atoms with Crippen LogP contribution in [0, 0.1) is 0 Å². The number of hydrogen-bond acceptors (Lipinski definition) is 6. The van der Waals surface area contributed by atoms with Crippen molar-refractivity contribution in [3.63, 3.8) is 0 Å². The highest BCUT2D eigenvalue weighted by atomic mass is 16.5. The third-order valence-electron chi connectivity index (χ3n) is 3.57. The van der Waals surface area contributed by atoms with Crippen LogP contribution in [-0.2, 0) is 4.74 Å². The Morgan fingerprint density at radius 2 is 2.16 bits per heavy atom. The van der Waals surface area contributed by atoms with Gasteiger partial charge in [-0.3, -0.25) is 0 Å². The zero-order chi connectivity index (χ0) is 17.6. The summed E-state index contributed by atoms with van der Waals surface area (Å²) < 4.78 is 12.0. The van der Waals surface area contributed by atoms with Gasteiger partial charge < -0.3 is 20.1 Å². The minimum atomic E-state index is -0.458. The van der Waals surface area contributed by atoms with E-state index in [1.54, 1.807) is 17.8 Å². The summed E-state index contributed by atoms with van der Waals surface area (Å²) >= 11 is 0. The number of anilines is 1. The lowest BCUT2D eigenvalue weighted by molar-refractivity contribution is 0.153. The molecule has 8 heteroatoms. The highest BCUT2D eigenvalue weighted by molar-refractivity contribution is 5.66. The molecule has 25 heavy (non-hydrogen) atoms. The molecule has 0 spiro atoms. The van der Waals surface area contributed by atoms with Crippen molar-refractivity contribution >= 4 is 17.6 Å². The van der Waals surface area contributed by atoms with E-state index < -0.39 is 6.09 Å². The number of rotatable bonds is 6.